The molecule has 0 aliphatic heterocycles. The molecule has 0 radical (unpaired) electrons. The summed E-state index contributed by atoms with van der Waals surface area (Å²) < 4.78 is 2.49. The quantitative estimate of drug-likeness (QED) is 0.158. The van der Waals surface area contributed by atoms with E-state index in [-0.39, 0.29) is 11.8 Å². The average molecular weight is 800 g/mol. The smallest absolute Gasteiger partial charge is 0.0547 e. The van der Waals surface area contributed by atoms with Crippen LogP contribution in [0.15, 0.2) is 237 Å². The zero-order valence-corrected chi connectivity index (χ0v) is 34.6. The Kier molecular flexibility index (Phi) is 8.11. The number of hydrogen-bond donors (Lipinski definition) is 0. The van der Waals surface area contributed by atoms with Crippen molar-refractivity contribution in [2.45, 2.75) is 11.8 Å². The van der Waals surface area contributed by atoms with Crippen LogP contribution in [0.4, 0.5) is 0 Å². The number of fused-ring (bicyclic) bond motifs is 9. The van der Waals surface area contributed by atoms with Crippen molar-refractivity contribution in [2.75, 3.05) is 0 Å². The molecule has 2 atom stereocenters. The molecule has 0 bridgehead atoms. The third kappa shape index (κ3) is 5.70. The molecule has 1 heteroatoms. The molecule has 1 heterocycles. The van der Waals surface area contributed by atoms with Crippen molar-refractivity contribution in [1.82, 2.24) is 4.57 Å². The topological polar surface area (TPSA) is 4.93 Å². The zero-order chi connectivity index (χ0) is 41.4. The first-order chi connectivity index (χ1) is 31.2. The summed E-state index contributed by atoms with van der Waals surface area (Å²) in [5.74, 6) is 0.340. The van der Waals surface area contributed by atoms with Gasteiger partial charge in [0.2, 0.25) is 0 Å². The highest BCUT2D eigenvalue weighted by Crippen LogP contribution is 2.52. The van der Waals surface area contributed by atoms with E-state index < -0.39 is 0 Å². The highest BCUT2D eigenvalue weighted by Gasteiger charge is 2.32. The summed E-state index contributed by atoms with van der Waals surface area (Å²) in [5, 5.41) is 2.53. The molecule has 10 aromatic carbocycles. The molecule has 0 saturated carbocycles. The Bertz CT molecular complexity index is 3560. The van der Waals surface area contributed by atoms with Gasteiger partial charge in [0.05, 0.1) is 11.0 Å². The van der Waals surface area contributed by atoms with Crippen molar-refractivity contribution in [2.24, 2.45) is 0 Å². The summed E-state index contributed by atoms with van der Waals surface area (Å²) in [4.78, 5) is 0. The van der Waals surface area contributed by atoms with E-state index in [1.807, 2.05) is 0 Å². The van der Waals surface area contributed by atoms with Gasteiger partial charge in [-0.2, -0.15) is 0 Å². The first-order valence-corrected chi connectivity index (χ1v) is 22.1. The van der Waals surface area contributed by atoms with E-state index in [9.17, 15) is 0 Å². The molecule has 1 aromatic heterocycles. The maximum absolute atomic E-state index is 2.51. The monoisotopic (exact) mass is 799 g/mol. The molecule has 2 aliphatic rings. The number of hydrogen-bond acceptors (Lipinski definition) is 0. The Hall–Kier alpha value is -8.00. The Morgan fingerprint density at radius 1 is 0.254 bits per heavy atom. The first kappa shape index (κ1) is 35.7. The summed E-state index contributed by atoms with van der Waals surface area (Å²) in [6.45, 7) is 0. The largest absolute Gasteiger partial charge is 0.309 e. The van der Waals surface area contributed by atoms with Gasteiger partial charge in [-0.15, -0.1) is 0 Å². The predicted molar refractivity (Wildman–Crippen MR) is 263 cm³/mol. The molecule has 0 saturated heterocycles. The molecule has 294 valence electrons. The molecule has 0 N–H and O–H groups in total. The minimum absolute atomic E-state index is 0.169. The fourth-order valence-corrected chi connectivity index (χ4v) is 10.9. The van der Waals surface area contributed by atoms with Crippen LogP contribution in [-0.2, 0) is 0 Å². The normalized spacial score (nSPS) is 14.7. The second-order valence-corrected chi connectivity index (χ2v) is 17.2. The first-order valence-electron chi connectivity index (χ1n) is 22.1. The molecule has 2 unspecified atom stereocenters. The average Bonchev–Trinajstić information content (AvgIpc) is 3.99. The van der Waals surface area contributed by atoms with Gasteiger partial charge >= 0.3 is 0 Å². The number of aromatic nitrogens is 1. The van der Waals surface area contributed by atoms with Gasteiger partial charge in [-0.3, -0.25) is 0 Å². The van der Waals surface area contributed by atoms with Crippen LogP contribution in [0, 0.1) is 0 Å². The highest BCUT2D eigenvalue weighted by atomic mass is 15.0. The van der Waals surface area contributed by atoms with Gasteiger partial charge in [0.1, 0.15) is 0 Å². The van der Waals surface area contributed by atoms with E-state index in [0.29, 0.717) is 0 Å². The maximum atomic E-state index is 2.51. The lowest BCUT2D eigenvalue weighted by Crippen LogP contribution is -1.99. The number of nitrogens with zero attached hydrogens (tertiary/aromatic N) is 1. The zero-order valence-electron chi connectivity index (χ0n) is 34.6. The van der Waals surface area contributed by atoms with Crippen molar-refractivity contribution in [1.29, 1.82) is 0 Å². The molecule has 0 fully saturated rings. The van der Waals surface area contributed by atoms with Gasteiger partial charge in [-0.1, -0.05) is 194 Å². The third-order valence-electron chi connectivity index (χ3n) is 13.7. The molecule has 0 amide bonds. The number of benzene rings is 10. The van der Waals surface area contributed by atoms with Crippen LogP contribution in [0.5, 0.6) is 0 Å². The van der Waals surface area contributed by atoms with Crippen molar-refractivity contribution >= 4 is 21.8 Å². The van der Waals surface area contributed by atoms with E-state index in [0.717, 1.165) is 5.69 Å². The Labute approximate surface area is 367 Å². The van der Waals surface area contributed by atoms with Gasteiger partial charge in [0.15, 0.2) is 0 Å². The lowest BCUT2D eigenvalue weighted by molar-refractivity contribution is 1.02. The predicted octanol–water partition coefficient (Wildman–Crippen LogP) is 16.1. The van der Waals surface area contributed by atoms with Gasteiger partial charge < -0.3 is 4.57 Å². The molecule has 13 rings (SSSR count). The van der Waals surface area contributed by atoms with Crippen molar-refractivity contribution < 1.29 is 0 Å². The Morgan fingerprint density at radius 3 is 1.46 bits per heavy atom. The van der Waals surface area contributed by atoms with Gasteiger partial charge in [-0.25, -0.2) is 0 Å². The standard InChI is InChI=1S/C62H41N/c1-4-16-40(17-5-1)43-22-14-24-47(34-43)62-52-29-13-10-26-49(52)54-36-45(30-32-53(54)62)46-31-33-59-56(37-46)57-38-58-55(50-27-11-12-28-51(50)61(58)42-20-8-3-9-21-42)39-60(57)63(59)48-25-15-23-44(35-48)41-18-6-2-7-19-41/h1-39,61-62H. The van der Waals surface area contributed by atoms with E-state index in [2.05, 4.69) is 241 Å². The Morgan fingerprint density at radius 2 is 0.746 bits per heavy atom. The molecular formula is C62H41N. The maximum Gasteiger partial charge on any atom is 0.0547 e. The molecular weight excluding hydrogens is 759 g/mol. The van der Waals surface area contributed by atoms with E-state index in [4.69, 9.17) is 0 Å². The summed E-state index contributed by atoms with van der Waals surface area (Å²) in [5.41, 5.74) is 24.4. The van der Waals surface area contributed by atoms with Gasteiger partial charge in [0, 0.05) is 28.3 Å². The minimum Gasteiger partial charge on any atom is -0.309 e. The van der Waals surface area contributed by atoms with Crippen LogP contribution < -0.4 is 0 Å². The lowest BCUT2D eigenvalue weighted by Gasteiger charge is -2.16. The molecule has 2 aliphatic carbocycles. The van der Waals surface area contributed by atoms with Crippen LogP contribution in [0.1, 0.15) is 45.2 Å². The van der Waals surface area contributed by atoms with Crippen LogP contribution in [0.25, 0.3) is 83.1 Å². The minimum atomic E-state index is 0.169. The van der Waals surface area contributed by atoms with Gasteiger partial charge in [0.25, 0.3) is 0 Å². The fraction of sp³-hybridized carbons (Fsp3) is 0.0323. The van der Waals surface area contributed by atoms with Crippen LogP contribution in [-0.4, -0.2) is 4.57 Å². The van der Waals surface area contributed by atoms with Crippen molar-refractivity contribution in [3.63, 3.8) is 0 Å². The van der Waals surface area contributed by atoms with Gasteiger partial charge in [-0.05, 0) is 131 Å². The summed E-state index contributed by atoms with van der Waals surface area (Å²) >= 11 is 0. The second-order valence-electron chi connectivity index (χ2n) is 17.2. The van der Waals surface area contributed by atoms with E-state index in [1.54, 1.807) is 0 Å². The van der Waals surface area contributed by atoms with Crippen LogP contribution >= 0.6 is 0 Å². The second kappa shape index (κ2) is 14.3. The van der Waals surface area contributed by atoms with E-state index >= 15 is 0 Å². The lowest BCUT2D eigenvalue weighted by atomic mass is 9.87. The highest BCUT2D eigenvalue weighted by molar-refractivity contribution is 6.12. The summed E-state index contributed by atoms with van der Waals surface area (Å²) in [7, 11) is 0. The molecule has 1 nitrogen and oxygen atoms in total. The van der Waals surface area contributed by atoms with Crippen LogP contribution in [0.2, 0.25) is 0 Å². The number of rotatable bonds is 6. The SMILES string of the molecule is c1ccc(-c2cccc(C3c4ccccc4-c4cc(-c5ccc6c(c5)c5cc7c(cc5n6-c5cccc(-c6ccccc6)c5)-c5ccccc5C7c5ccccc5)ccc43)c2)cc1. The molecule has 63 heavy (non-hydrogen) atoms. The summed E-state index contributed by atoms with van der Waals surface area (Å²) in [6, 6.07) is 88.0. The molecule has 11 aromatic rings. The Balaban J connectivity index is 0.998. The van der Waals surface area contributed by atoms with Crippen LogP contribution in [0.3, 0.4) is 0 Å². The van der Waals surface area contributed by atoms with Crippen molar-refractivity contribution in [3.8, 4) is 61.3 Å². The third-order valence-corrected chi connectivity index (χ3v) is 13.7. The summed E-state index contributed by atoms with van der Waals surface area (Å²) in [6.07, 6.45) is 0. The molecule has 0 spiro atoms. The van der Waals surface area contributed by atoms with Crippen molar-refractivity contribution in [3.05, 3.63) is 270 Å². The fourth-order valence-electron chi connectivity index (χ4n) is 10.9. The van der Waals surface area contributed by atoms with E-state index in [1.165, 1.54) is 111 Å².